The zero-order valence-electron chi connectivity index (χ0n) is 10.4. The fourth-order valence-corrected chi connectivity index (χ4v) is 3.01. The van der Waals surface area contributed by atoms with Gasteiger partial charge in [-0.1, -0.05) is 6.92 Å². The van der Waals surface area contributed by atoms with Crippen LogP contribution < -0.4 is 10.2 Å². The van der Waals surface area contributed by atoms with E-state index in [0.717, 1.165) is 19.5 Å². The minimum atomic E-state index is 0.321. The minimum Gasteiger partial charge on any atom is -0.348 e. The molecule has 2 rings (SSSR count). The van der Waals surface area contributed by atoms with Gasteiger partial charge in [0.15, 0.2) is 5.13 Å². The molecule has 0 bridgehead atoms. The number of piperidine rings is 1. The quantitative estimate of drug-likeness (QED) is 0.877. The molecule has 0 unspecified atom stereocenters. The fraction of sp³-hybridized carbons (Fsp3) is 0.750. The summed E-state index contributed by atoms with van der Waals surface area (Å²) >= 11 is 1.78. The molecule has 4 heteroatoms. The molecule has 0 radical (unpaired) electrons. The van der Waals surface area contributed by atoms with Crippen LogP contribution in [0.4, 0.5) is 5.13 Å². The molecular weight excluding hydrogens is 218 g/mol. The van der Waals surface area contributed by atoms with E-state index in [1.54, 1.807) is 11.3 Å². The van der Waals surface area contributed by atoms with Gasteiger partial charge in [0.1, 0.15) is 0 Å². The Morgan fingerprint density at radius 2 is 2.19 bits per heavy atom. The summed E-state index contributed by atoms with van der Waals surface area (Å²) < 4.78 is 0. The van der Waals surface area contributed by atoms with Crippen molar-refractivity contribution in [3.05, 3.63) is 11.1 Å². The van der Waals surface area contributed by atoms with Crippen LogP contribution in [-0.2, 0) is 6.42 Å². The van der Waals surface area contributed by atoms with Crippen LogP contribution in [0.5, 0.6) is 0 Å². The number of aryl methyl sites for hydroxylation is 1. The van der Waals surface area contributed by atoms with E-state index in [1.165, 1.54) is 23.7 Å². The third-order valence-corrected chi connectivity index (χ3v) is 4.59. The summed E-state index contributed by atoms with van der Waals surface area (Å²) in [5.41, 5.74) is 1.54. The molecule has 0 amide bonds. The van der Waals surface area contributed by atoms with Gasteiger partial charge in [-0.25, -0.2) is 4.98 Å². The van der Waals surface area contributed by atoms with Gasteiger partial charge in [-0.05, 0) is 33.2 Å². The van der Waals surface area contributed by atoms with Gasteiger partial charge in [-0.3, -0.25) is 0 Å². The topological polar surface area (TPSA) is 28.2 Å². The van der Waals surface area contributed by atoms with Crippen molar-refractivity contribution in [2.75, 3.05) is 25.0 Å². The van der Waals surface area contributed by atoms with Crippen LogP contribution in [0.1, 0.15) is 32.4 Å². The van der Waals surface area contributed by atoms with Gasteiger partial charge in [-0.15, -0.1) is 11.3 Å². The van der Waals surface area contributed by atoms with Crippen LogP contribution >= 0.6 is 11.3 Å². The van der Waals surface area contributed by atoms with E-state index < -0.39 is 0 Å². The second kappa shape index (κ2) is 4.72. The Balaban J connectivity index is 1.98. The first kappa shape index (κ1) is 11.9. The van der Waals surface area contributed by atoms with Gasteiger partial charge >= 0.3 is 0 Å². The molecule has 1 fully saturated rings. The number of nitrogens with zero attached hydrogens (tertiary/aromatic N) is 2. The summed E-state index contributed by atoms with van der Waals surface area (Å²) in [6, 6.07) is 0. The largest absolute Gasteiger partial charge is 0.348 e. The molecule has 1 aromatic rings. The standard InChI is InChI=1S/C12H21N3S/c1-4-10-9-16-11(14-10)15-7-5-12(2,13-3)6-8-15/h9,13H,4-8H2,1-3H3. The molecule has 1 aliphatic heterocycles. The minimum absolute atomic E-state index is 0.321. The van der Waals surface area contributed by atoms with Crippen molar-refractivity contribution in [1.29, 1.82) is 0 Å². The lowest BCUT2D eigenvalue weighted by atomic mass is 9.90. The average molecular weight is 239 g/mol. The van der Waals surface area contributed by atoms with E-state index in [-0.39, 0.29) is 0 Å². The van der Waals surface area contributed by atoms with Gasteiger partial charge < -0.3 is 10.2 Å². The lowest BCUT2D eigenvalue weighted by molar-refractivity contribution is 0.305. The predicted molar refractivity (Wildman–Crippen MR) is 70.4 cm³/mol. The van der Waals surface area contributed by atoms with Crippen LogP contribution in [0.3, 0.4) is 0 Å². The highest BCUT2D eigenvalue weighted by Gasteiger charge is 2.29. The summed E-state index contributed by atoms with van der Waals surface area (Å²) in [7, 11) is 2.06. The molecule has 1 N–H and O–H groups in total. The van der Waals surface area contributed by atoms with Gasteiger partial charge in [-0.2, -0.15) is 0 Å². The Labute approximate surface area is 102 Å². The highest BCUT2D eigenvalue weighted by Crippen LogP contribution is 2.28. The Morgan fingerprint density at radius 3 is 2.69 bits per heavy atom. The Kier molecular flexibility index (Phi) is 3.50. The highest BCUT2D eigenvalue weighted by molar-refractivity contribution is 7.13. The summed E-state index contributed by atoms with van der Waals surface area (Å²) in [6.45, 7) is 6.71. The van der Waals surface area contributed by atoms with E-state index in [2.05, 4.69) is 41.5 Å². The summed E-state index contributed by atoms with van der Waals surface area (Å²) in [6.07, 6.45) is 3.44. The first-order valence-electron chi connectivity index (χ1n) is 6.05. The van der Waals surface area contributed by atoms with Crippen molar-refractivity contribution < 1.29 is 0 Å². The zero-order valence-corrected chi connectivity index (χ0v) is 11.2. The van der Waals surface area contributed by atoms with E-state index in [0.29, 0.717) is 5.54 Å². The van der Waals surface area contributed by atoms with Crippen LogP contribution in [-0.4, -0.2) is 30.7 Å². The highest BCUT2D eigenvalue weighted by atomic mass is 32.1. The monoisotopic (exact) mass is 239 g/mol. The smallest absolute Gasteiger partial charge is 0.185 e. The third-order valence-electron chi connectivity index (χ3n) is 3.64. The maximum Gasteiger partial charge on any atom is 0.185 e. The van der Waals surface area contributed by atoms with Gasteiger partial charge in [0, 0.05) is 24.0 Å². The van der Waals surface area contributed by atoms with Crippen molar-refractivity contribution in [1.82, 2.24) is 10.3 Å². The average Bonchev–Trinajstić information content (AvgIpc) is 2.79. The van der Waals surface area contributed by atoms with Gasteiger partial charge in [0.05, 0.1) is 5.69 Å². The van der Waals surface area contributed by atoms with E-state index in [9.17, 15) is 0 Å². The van der Waals surface area contributed by atoms with Crippen LogP contribution in [0.25, 0.3) is 0 Å². The first-order valence-corrected chi connectivity index (χ1v) is 6.93. The van der Waals surface area contributed by atoms with Crippen molar-refractivity contribution in [3.8, 4) is 0 Å². The number of hydrogen-bond donors (Lipinski definition) is 1. The molecule has 0 aliphatic carbocycles. The normalized spacial score (nSPS) is 20.1. The number of rotatable bonds is 3. The summed E-state index contributed by atoms with van der Waals surface area (Å²) in [5, 5.41) is 6.81. The molecular formula is C12H21N3S. The van der Waals surface area contributed by atoms with Crippen molar-refractivity contribution in [2.24, 2.45) is 0 Å². The zero-order chi connectivity index (χ0) is 11.6. The molecule has 1 aromatic heterocycles. The second-order valence-electron chi connectivity index (χ2n) is 4.77. The molecule has 0 aromatic carbocycles. The molecule has 0 spiro atoms. The molecule has 2 heterocycles. The number of thiazole rings is 1. The third kappa shape index (κ3) is 2.38. The van der Waals surface area contributed by atoms with Crippen LogP contribution in [0, 0.1) is 0 Å². The molecule has 1 aliphatic rings. The van der Waals surface area contributed by atoms with Crippen molar-refractivity contribution in [3.63, 3.8) is 0 Å². The fourth-order valence-electron chi connectivity index (χ4n) is 2.05. The SMILES string of the molecule is CCc1csc(N2CCC(C)(NC)CC2)n1. The molecule has 0 atom stereocenters. The van der Waals surface area contributed by atoms with Crippen molar-refractivity contribution in [2.45, 2.75) is 38.6 Å². The molecule has 3 nitrogen and oxygen atoms in total. The molecule has 1 saturated heterocycles. The maximum absolute atomic E-state index is 4.65. The number of nitrogens with one attached hydrogen (secondary N) is 1. The predicted octanol–water partition coefficient (Wildman–Crippen LogP) is 2.28. The van der Waals surface area contributed by atoms with Gasteiger partial charge in [0.25, 0.3) is 0 Å². The summed E-state index contributed by atoms with van der Waals surface area (Å²) in [5.74, 6) is 0. The van der Waals surface area contributed by atoms with E-state index in [1.807, 2.05) is 0 Å². The Hall–Kier alpha value is -0.610. The number of aromatic nitrogens is 1. The molecule has 0 saturated carbocycles. The van der Waals surface area contributed by atoms with E-state index >= 15 is 0 Å². The maximum atomic E-state index is 4.65. The molecule has 16 heavy (non-hydrogen) atoms. The summed E-state index contributed by atoms with van der Waals surface area (Å²) in [4.78, 5) is 7.07. The van der Waals surface area contributed by atoms with E-state index in [4.69, 9.17) is 0 Å². The second-order valence-corrected chi connectivity index (χ2v) is 5.61. The lowest BCUT2D eigenvalue weighted by Crippen LogP contribution is -2.50. The van der Waals surface area contributed by atoms with Crippen LogP contribution in [0.15, 0.2) is 5.38 Å². The first-order chi connectivity index (χ1) is 7.67. The lowest BCUT2D eigenvalue weighted by Gasteiger charge is -2.39. The van der Waals surface area contributed by atoms with Crippen molar-refractivity contribution >= 4 is 16.5 Å². The van der Waals surface area contributed by atoms with Crippen LogP contribution in [0.2, 0.25) is 0 Å². The number of anilines is 1. The Bertz CT molecular complexity index is 340. The molecule has 90 valence electrons. The number of hydrogen-bond acceptors (Lipinski definition) is 4. The Morgan fingerprint density at radius 1 is 1.50 bits per heavy atom. The van der Waals surface area contributed by atoms with Gasteiger partial charge in [0.2, 0.25) is 0 Å².